The monoisotopic (exact) mass is 205 g/mol. The molecule has 2 rings (SSSR count). The van der Waals surface area contributed by atoms with Crippen molar-refractivity contribution in [3.8, 4) is 5.75 Å². The van der Waals surface area contributed by atoms with Crippen molar-refractivity contribution in [2.75, 3.05) is 13.2 Å². The fraction of sp³-hybridized carbons (Fsp3) is 0.538. The zero-order chi connectivity index (χ0) is 10.7. The highest BCUT2D eigenvalue weighted by molar-refractivity contribution is 5.40. The molecule has 1 unspecified atom stereocenters. The van der Waals surface area contributed by atoms with Gasteiger partial charge in [0.15, 0.2) is 0 Å². The quantitative estimate of drug-likeness (QED) is 0.816. The van der Waals surface area contributed by atoms with Crippen molar-refractivity contribution in [2.24, 2.45) is 0 Å². The van der Waals surface area contributed by atoms with E-state index in [-0.39, 0.29) is 0 Å². The maximum Gasteiger partial charge on any atom is 0.119 e. The summed E-state index contributed by atoms with van der Waals surface area (Å²) in [6.07, 6.45) is 2.41. The number of aryl methyl sites for hydroxylation is 1. The third kappa shape index (κ3) is 2.15. The molecule has 1 aromatic carbocycles. The van der Waals surface area contributed by atoms with Gasteiger partial charge in [-0.3, -0.25) is 0 Å². The van der Waals surface area contributed by atoms with Crippen LogP contribution in [0.1, 0.15) is 37.4 Å². The molecular formula is C13H19NO. The second-order valence-electron chi connectivity index (χ2n) is 3.94. The standard InChI is InChI=1S/C13H19NO/c1-3-14-13-8-6-10-5-7-11(15-4-2)9-12(10)13/h5,7,9,13-14H,3-4,6,8H2,1-2H3. The second kappa shape index (κ2) is 4.67. The Morgan fingerprint density at radius 2 is 2.27 bits per heavy atom. The zero-order valence-corrected chi connectivity index (χ0v) is 9.55. The van der Waals surface area contributed by atoms with Gasteiger partial charge in [0.2, 0.25) is 0 Å². The molecule has 1 aliphatic rings. The Hall–Kier alpha value is -1.02. The lowest BCUT2D eigenvalue weighted by Gasteiger charge is -2.13. The predicted octanol–water partition coefficient (Wildman–Crippen LogP) is 2.68. The number of rotatable bonds is 4. The fourth-order valence-corrected chi connectivity index (χ4v) is 2.30. The van der Waals surface area contributed by atoms with Crippen LogP contribution in [-0.2, 0) is 6.42 Å². The summed E-state index contributed by atoms with van der Waals surface area (Å²) in [5.41, 5.74) is 2.91. The number of hydrogen-bond donors (Lipinski definition) is 1. The SMILES string of the molecule is CCNC1CCc2ccc(OCC)cc21. The molecule has 0 spiro atoms. The highest BCUT2D eigenvalue weighted by Crippen LogP contribution is 2.33. The summed E-state index contributed by atoms with van der Waals surface area (Å²) >= 11 is 0. The highest BCUT2D eigenvalue weighted by atomic mass is 16.5. The van der Waals surface area contributed by atoms with Gasteiger partial charge in [0.25, 0.3) is 0 Å². The molecule has 82 valence electrons. The number of fused-ring (bicyclic) bond motifs is 1. The maximum atomic E-state index is 5.53. The third-order valence-corrected chi connectivity index (χ3v) is 2.96. The van der Waals surface area contributed by atoms with Gasteiger partial charge in [0, 0.05) is 6.04 Å². The lowest BCUT2D eigenvalue weighted by atomic mass is 10.1. The van der Waals surface area contributed by atoms with Crippen LogP contribution < -0.4 is 10.1 Å². The molecule has 2 heteroatoms. The molecule has 0 fully saturated rings. The van der Waals surface area contributed by atoms with E-state index in [1.54, 1.807) is 0 Å². The molecule has 1 aliphatic carbocycles. The first-order chi connectivity index (χ1) is 7.35. The van der Waals surface area contributed by atoms with Crippen molar-refractivity contribution in [3.05, 3.63) is 29.3 Å². The Morgan fingerprint density at radius 3 is 3.00 bits per heavy atom. The summed E-state index contributed by atoms with van der Waals surface area (Å²) in [4.78, 5) is 0. The molecule has 0 amide bonds. The van der Waals surface area contributed by atoms with E-state index in [1.165, 1.54) is 24.0 Å². The van der Waals surface area contributed by atoms with Gasteiger partial charge in [-0.15, -0.1) is 0 Å². The van der Waals surface area contributed by atoms with Crippen LogP contribution in [0.25, 0.3) is 0 Å². The van der Waals surface area contributed by atoms with E-state index in [1.807, 2.05) is 6.92 Å². The van der Waals surface area contributed by atoms with Crippen molar-refractivity contribution < 1.29 is 4.74 Å². The van der Waals surface area contributed by atoms with Crippen LogP contribution in [0.5, 0.6) is 5.75 Å². The molecule has 1 aromatic rings. The van der Waals surface area contributed by atoms with Crippen molar-refractivity contribution in [1.82, 2.24) is 5.32 Å². The average Bonchev–Trinajstić information content (AvgIpc) is 2.63. The van der Waals surface area contributed by atoms with Gasteiger partial charge >= 0.3 is 0 Å². The van der Waals surface area contributed by atoms with Crippen LogP contribution in [0, 0.1) is 0 Å². The Bertz CT molecular complexity index is 333. The van der Waals surface area contributed by atoms with E-state index in [0.717, 1.165) is 18.9 Å². The number of benzene rings is 1. The molecule has 0 radical (unpaired) electrons. The largest absolute Gasteiger partial charge is 0.494 e. The van der Waals surface area contributed by atoms with Gasteiger partial charge < -0.3 is 10.1 Å². The van der Waals surface area contributed by atoms with Crippen LogP contribution in [0.15, 0.2) is 18.2 Å². The van der Waals surface area contributed by atoms with Crippen molar-refractivity contribution in [3.63, 3.8) is 0 Å². The van der Waals surface area contributed by atoms with Crippen LogP contribution >= 0.6 is 0 Å². The molecule has 1 N–H and O–H groups in total. The zero-order valence-electron chi connectivity index (χ0n) is 9.55. The van der Waals surface area contributed by atoms with E-state index in [9.17, 15) is 0 Å². The summed E-state index contributed by atoms with van der Waals surface area (Å²) in [5.74, 6) is 1.00. The highest BCUT2D eigenvalue weighted by Gasteiger charge is 2.21. The molecule has 1 atom stereocenters. The van der Waals surface area contributed by atoms with E-state index in [0.29, 0.717) is 6.04 Å². The Balaban J connectivity index is 2.21. The first-order valence-electron chi connectivity index (χ1n) is 5.84. The van der Waals surface area contributed by atoms with Crippen molar-refractivity contribution in [1.29, 1.82) is 0 Å². The molecule has 0 aliphatic heterocycles. The first-order valence-corrected chi connectivity index (χ1v) is 5.84. The van der Waals surface area contributed by atoms with E-state index in [4.69, 9.17) is 4.74 Å². The van der Waals surface area contributed by atoms with Crippen LogP contribution in [0.3, 0.4) is 0 Å². The number of nitrogens with one attached hydrogen (secondary N) is 1. The normalized spacial score (nSPS) is 18.9. The van der Waals surface area contributed by atoms with Crippen LogP contribution in [0.4, 0.5) is 0 Å². The topological polar surface area (TPSA) is 21.3 Å². The van der Waals surface area contributed by atoms with Crippen LogP contribution in [0.2, 0.25) is 0 Å². The summed E-state index contributed by atoms with van der Waals surface area (Å²) in [7, 11) is 0. The predicted molar refractivity (Wildman–Crippen MR) is 62.3 cm³/mol. The van der Waals surface area contributed by atoms with Gasteiger partial charge in [-0.1, -0.05) is 13.0 Å². The molecule has 2 nitrogen and oxygen atoms in total. The molecule has 0 aromatic heterocycles. The Labute approximate surface area is 91.6 Å². The molecule has 0 saturated heterocycles. The molecule has 0 saturated carbocycles. The van der Waals surface area contributed by atoms with Crippen molar-refractivity contribution >= 4 is 0 Å². The van der Waals surface area contributed by atoms with Crippen LogP contribution in [-0.4, -0.2) is 13.2 Å². The Morgan fingerprint density at radius 1 is 1.40 bits per heavy atom. The van der Waals surface area contributed by atoms with Gasteiger partial charge in [-0.05, 0) is 49.6 Å². The minimum atomic E-state index is 0.533. The maximum absolute atomic E-state index is 5.53. The molecular weight excluding hydrogens is 186 g/mol. The van der Waals surface area contributed by atoms with Gasteiger partial charge in [-0.25, -0.2) is 0 Å². The van der Waals surface area contributed by atoms with Gasteiger partial charge in [0.05, 0.1) is 6.61 Å². The lowest BCUT2D eigenvalue weighted by molar-refractivity contribution is 0.339. The number of hydrogen-bond acceptors (Lipinski definition) is 2. The molecule has 0 heterocycles. The third-order valence-electron chi connectivity index (χ3n) is 2.96. The summed E-state index contributed by atoms with van der Waals surface area (Å²) in [6, 6.07) is 7.01. The summed E-state index contributed by atoms with van der Waals surface area (Å²) < 4.78 is 5.53. The number of ether oxygens (including phenoxy) is 1. The van der Waals surface area contributed by atoms with Gasteiger partial charge in [0.1, 0.15) is 5.75 Å². The summed E-state index contributed by atoms with van der Waals surface area (Å²) in [5, 5.41) is 3.51. The van der Waals surface area contributed by atoms with E-state index in [2.05, 4.69) is 30.4 Å². The van der Waals surface area contributed by atoms with E-state index < -0.39 is 0 Å². The molecule has 0 bridgehead atoms. The minimum absolute atomic E-state index is 0.533. The smallest absolute Gasteiger partial charge is 0.119 e. The average molecular weight is 205 g/mol. The van der Waals surface area contributed by atoms with Crippen molar-refractivity contribution in [2.45, 2.75) is 32.7 Å². The van der Waals surface area contributed by atoms with Gasteiger partial charge in [-0.2, -0.15) is 0 Å². The first kappa shape index (κ1) is 10.5. The van der Waals surface area contributed by atoms with E-state index >= 15 is 0 Å². The fourth-order valence-electron chi connectivity index (χ4n) is 2.30. The minimum Gasteiger partial charge on any atom is -0.494 e. The second-order valence-corrected chi connectivity index (χ2v) is 3.94. The summed E-state index contributed by atoms with van der Waals surface area (Å²) in [6.45, 7) is 5.95. The lowest BCUT2D eigenvalue weighted by Crippen LogP contribution is -2.18. The molecule has 15 heavy (non-hydrogen) atoms. The Kier molecular flexibility index (Phi) is 3.27.